The van der Waals surface area contributed by atoms with Gasteiger partial charge in [-0.1, -0.05) is 17.7 Å². The topological polar surface area (TPSA) is 44.4 Å². The molecule has 0 aliphatic carbocycles. The Labute approximate surface area is 122 Å². The summed E-state index contributed by atoms with van der Waals surface area (Å²) in [6.07, 6.45) is 0.974. The Morgan fingerprint density at radius 1 is 1.15 bits per heavy atom. The fourth-order valence-electron chi connectivity index (χ4n) is 2.31. The van der Waals surface area contributed by atoms with E-state index in [1.54, 1.807) is 0 Å². The number of nitrogens with zero attached hydrogens (tertiary/aromatic N) is 1. The van der Waals surface area contributed by atoms with Gasteiger partial charge in [-0.25, -0.2) is 0 Å². The van der Waals surface area contributed by atoms with Crippen molar-refractivity contribution in [3.63, 3.8) is 0 Å². The Hall–Kier alpha value is -1.55. The van der Waals surface area contributed by atoms with Gasteiger partial charge in [0.25, 0.3) is 0 Å². The van der Waals surface area contributed by atoms with Gasteiger partial charge in [-0.3, -0.25) is 4.79 Å². The lowest BCUT2D eigenvalue weighted by Gasteiger charge is -2.14. The number of carbonyl (C=O) groups is 1. The van der Waals surface area contributed by atoms with Crippen molar-refractivity contribution in [2.75, 3.05) is 39.0 Å². The molecule has 0 saturated heterocycles. The Balaban J connectivity index is 2.38. The molecule has 4 heteroatoms. The van der Waals surface area contributed by atoms with E-state index in [0.717, 1.165) is 25.2 Å². The van der Waals surface area contributed by atoms with Crippen molar-refractivity contribution in [1.82, 2.24) is 10.2 Å². The first kappa shape index (κ1) is 16.5. The van der Waals surface area contributed by atoms with Crippen LogP contribution in [-0.4, -0.2) is 44.5 Å². The summed E-state index contributed by atoms with van der Waals surface area (Å²) in [4.78, 5) is 13.9. The first-order chi connectivity index (χ1) is 9.40. The average molecular weight is 277 g/mol. The molecule has 0 spiro atoms. The van der Waals surface area contributed by atoms with Crippen LogP contribution < -0.4 is 10.6 Å². The second-order valence-electron chi connectivity index (χ2n) is 5.63. The van der Waals surface area contributed by atoms with E-state index >= 15 is 0 Å². The predicted molar refractivity (Wildman–Crippen MR) is 85.3 cm³/mol. The maximum atomic E-state index is 11.8. The summed E-state index contributed by atoms with van der Waals surface area (Å²) in [5, 5.41) is 6.17. The molecule has 2 N–H and O–H groups in total. The molecule has 0 aliphatic heterocycles. The maximum absolute atomic E-state index is 11.8. The molecule has 0 heterocycles. The van der Waals surface area contributed by atoms with Crippen LogP contribution in [0.1, 0.15) is 23.1 Å². The van der Waals surface area contributed by atoms with E-state index in [9.17, 15) is 4.79 Å². The van der Waals surface area contributed by atoms with Crippen LogP contribution in [-0.2, 0) is 4.79 Å². The SMILES string of the molecule is Cc1cc(C)c(NCC(=O)NCCCN(C)C)c(C)c1. The minimum Gasteiger partial charge on any atom is -0.376 e. The van der Waals surface area contributed by atoms with Crippen molar-refractivity contribution in [2.24, 2.45) is 0 Å². The molecule has 0 atom stereocenters. The number of nitrogens with one attached hydrogen (secondary N) is 2. The Kier molecular flexibility index (Phi) is 6.52. The zero-order valence-corrected chi connectivity index (χ0v) is 13.3. The highest BCUT2D eigenvalue weighted by Gasteiger charge is 2.06. The number of benzene rings is 1. The van der Waals surface area contributed by atoms with Crippen LogP contribution in [0.2, 0.25) is 0 Å². The quantitative estimate of drug-likeness (QED) is 0.750. The van der Waals surface area contributed by atoms with Gasteiger partial charge in [0.2, 0.25) is 5.91 Å². The summed E-state index contributed by atoms with van der Waals surface area (Å²) < 4.78 is 0. The van der Waals surface area contributed by atoms with Gasteiger partial charge in [-0.05, 0) is 59.0 Å². The molecule has 4 nitrogen and oxygen atoms in total. The van der Waals surface area contributed by atoms with E-state index < -0.39 is 0 Å². The highest BCUT2D eigenvalue weighted by atomic mass is 16.1. The molecular weight excluding hydrogens is 250 g/mol. The van der Waals surface area contributed by atoms with Gasteiger partial charge in [-0.2, -0.15) is 0 Å². The second-order valence-corrected chi connectivity index (χ2v) is 5.63. The lowest BCUT2D eigenvalue weighted by molar-refractivity contribution is -0.119. The Morgan fingerprint density at radius 2 is 1.75 bits per heavy atom. The van der Waals surface area contributed by atoms with Gasteiger partial charge < -0.3 is 15.5 Å². The highest BCUT2D eigenvalue weighted by Crippen LogP contribution is 2.21. The molecule has 0 aliphatic rings. The molecule has 0 unspecified atom stereocenters. The van der Waals surface area contributed by atoms with Crippen LogP contribution in [0.4, 0.5) is 5.69 Å². The van der Waals surface area contributed by atoms with Crippen LogP contribution in [0.15, 0.2) is 12.1 Å². The summed E-state index contributed by atoms with van der Waals surface area (Å²) in [5.74, 6) is 0.0446. The molecule has 1 aromatic rings. The van der Waals surface area contributed by atoms with E-state index in [1.807, 2.05) is 14.1 Å². The molecule has 1 aromatic carbocycles. The molecule has 0 bridgehead atoms. The van der Waals surface area contributed by atoms with Crippen molar-refractivity contribution in [3.8, 4) is 0 Å². The van der Waals surface area contributed by atoms with Crippen LogP contribution in [0, 0.1) is 20.8 Å². The molecule has 112 valence electrons. The van der Waals surface area contributed by atoms with E-state index in [4.69, 9.17) is 0 Å². The van der Waals surface area contributed by atoms with E-state index in [-0.39, 0.29) is 5.91 Å². The zero-order valence-electron chi connectivity index (χ0n) is 13.3. The number of carbonyl (C=O) groups excluding carboxylic acids is 1. The summed E-state index contributed by atoms with van der Waals surface area (Å²) in [6, 6.07) is 4.26. The van der Waals surface area contributed by atoms with E-state index in [0.29, 0.717) is 6.54 Å². The van der Waals surface area contributed by atoms with Crippen LogP contribution in [0.5, 0.6) is 0 Å². The Bertz CT molecular complexity index is 432. The summed E-state index contributed by atoms with van der Waals surface area (Å²) >= 11 is 0. The molecule has 1 amide bonds. The van der Waals surface area contributed by atoms with Crippen molar-refractivity contribution in [1.29, 1.82) is 0 Å². The largest absolute Gasteiger partial charge is 0.376 e. The van der Waals surface area contributed by atoms with Crippen molar-refractivity contribution < 1.29 is 4.79 Å². The van der Waals surface area contributed by atoms with Crippen LogP contribution in [0.3, 0.4) is 0 Å². The number of rotatable bonds is 7. The molecule has 0 fully saturated rings. The third-order valence-corrected chi connectivity index (χ3v) is 3.21. The molecule has 0 radical (unpaired) electrons. The first-order valence-electron chi connectivity index (χ1n) is 7.13. The molecule has 1 rings (SSSR count). The number of amides is 1. The fourth-order valence-corrected chi connectivity index (χ4v) is 2.31. The summed E-state index contributed by atoms with van der Waals surface area (Å²) in [6.45, 7) is 8.26. The first-order valence-corrected chi connectivity index (χ1v) is 7.13. The normalized spacial score (nSPS) is 10.7. The van der Waals surface area contributed by atoms with Crippen molar-refractivity contribution in [3.05, 3.63) is 28.8 Å². The minimum atomic E-state index is 0.0446. The lowest BCUT2D eigenvalue weighted by atomic mass is 10.1. The van der Waals surface area contributed by atoms with Gasteiger partial charge in [0.15, 0.2) is 0 Å². The fraction of sp³-hybridized carbons (Fsp3) is 0.562. The number of anilines is 1. The van der Waals surface area contributed by atoms with Crippen LogP contribution in [0.25, 0.3) is 0 Å². The second kappa shape index (κ2) is 7.90. The number of hydrogen-bond acceptors (Lipinski definition) is 3. The highest BCUT2D eigenvalue weighted by molar-refractivity contribution is 5.81. The molecule has 20 heavy (non-hydrogen) atoms. The van der Waals surface area contributed by atoms with E-state index in [2.05, 4.69) is 48.4 Å². The smallest absolute Gasteiger partial charge is 0.239 e. The average Bonchev–Trinajstić information content (AvgIpc) is 2.33. The third-order valence-electron chi connectivity index (χ3n) is 3.21. The molecule has 0 aromatic heterocycles. The molecule has 0 saturated carbocycles. The van der Waals surface area contributed by atoms with Gasteiger partial charge in [0.1, 0.15) is 0 Å². The summed E-state index contributed by atoms with van der Waals surface area (Å²) in [5.41, 5.74) is 4.68. The zero-order chi connectivity index (χ0) is 15.1. The van der Waals surface area contributed by atoms with E-state index in [1.165, 1.54) is 16.7 Å². The number of aryl methyl sites for hydroxylation is 3. The minimum absolute atomic E-state index is 0.0446. The van der Waals surface area contributed by atoms with Gasteiger partial charge >= 0.3 is 0 Å². The van der Waals surface area contributed by atoms with Gasteiger partial charge in [0.05, 0.1) is 6.54 Å². The van der Waals surface area contributed by atoms with Gasteiger partial charge in [0, 0.05) is 12.2 Å². The predicted octanol–water partition coefficient (Wildman–Crippen LogP) is 2.09. The van der Waals surface area contributed by atoms with Gasteiger partial charge in [-0.15, -0.1) is 0 Å². The molecular formula is C16H27N3O. The monoisotopic (exact) mass is 277 g/mol. The lowest BCUT2D eigenvalue weighted by Crippen LogP contribution is -2.32. The van der Waals surface area contributed by atoms with Crippen LogP contribution >= 0.6 is 0 Å². The van der Waals surface area contributed by atoms with Crippen molar-refractivity contribution in [2.45, 2.75) is 27.2 Å². The summed E-state index contributed by atoms with van der Waals surface area (Å²) in [7, 11) is 4.07. The van der Waals surface area contributed by atoms with Crippen molar-refractivity contribution >= 4 is 11.6 Å². The third kappa shape index (κ3) is 5.61. The standard InChI is InChI=1S/C16H27N3O/c1-12-9-13(2)16(14(3)10-12)18-11-15(20)17-7-6-8-19(4)5/h9-10,18H,6-8,11H2,1-5H3,(H,17,20). The number of hydrogen-bond donors (Lipinski definition) is 2. The maximum Gasteiger partial charge on any atom is 0.239 e. The Morgan fingerprint density at radius 3 is 2.30 bits per heavy atom.